The van der Waals surface area contributed by atoms with Crippen LogP contribution in [0.4, 0.5) is 0 Å². The molecule has 0 fully saturated rings. The van der Waals surface area contributed by atoms with Crippen LogP contribution in [0.5, 0.6) is 0 Å². The summed E-state index contributed by atoms with van der Waals surface area (Å²) in [5.41, 5.74) is 10.0. The van der Waals surface area contributed by atoms with E-state index >= 15 is 0 Å². The standard InChI is InChI=1S/2C4H9NO2/c2*5-3-1-2-4(6)7/h2*1-3,5H2,(H,6,7). The minimum absolute atomic E-state index is 0.191. The number of carboxylic acid groups (broad SMARTS) is 2. The lowest BCUT2D eigenvalue weighted by Crippen LogP contribution is -2.02. The molecule has 0 unspecified atom stereocenters. The Balaban J connectivity index is 0. The first-order valence-corrected chi connectivity index (χ1v) is 4.38. The Morgan fingerprint density at radius 1 is 0.857 bits per heavy atom. The zero-order valence-electron chi connectivity index (χ0n) is 8.11. The van der Waals surface area contributed by atoms with Gasteiger partial charge in [0.25, 0.3) is 0 Å². The summed E-state index contributed by atoms with van der Waals surface area (Å²) in [5.74, 6) is -1.55. The molecule has 6 N–H and O–H groups in total. The van der Waals surface area contributed by atoms with E-state index in [-0.39, 0.29) is 12.8 Å². The number of carboxylic acids is 2. The van der Waals surface area contributed by atoms with Gasteiger partial charge in [-0.1, -0.05) is 0 Å². The highest BCUT2D eigenvalue weighted by Crippen LogP contribution is 1.82. The molecule has 0 bridgehead atoms. The molecule has 0 aromatic heterocycles. The van der Waals surface area contributed by atoms with E-state index in [1.165, 1.54) is 0 Å². The molecule has 0 aliphatic heterocycles. The largest absolute Gasteiger partial charge is 0.481 e. The van der Waals surface area contributed by atoms with Gasteiger partial charge in [-0.25, -0.2) is 0 Å². The molecule has 0 rings (SSSR count). The molecule has 14 heavy (non-hydrogen) atoms. The van der Waals surface area contributed by atoms with E-state index in [9.17, 15) is 9.59 Å². The smallest absolute Gasteiger partial charge is 0.303 e. The normalized spacial score (nSPS) is 8.71. The molecule has 84 valence electrons. The Hall–Kier alpha value is -1.14. The quantitative estimate of drug-likeness (QED) is 0.469. The first kappa shape index (κ1) is 15.3. The summed E-state index contributed by atoms with van der Waals surface area (Å²) in [6, 6.07) is 0. The van der Waals surface area contributed by atoms with Crippen LogP contribution in [-0.2, 0) is 9.59 Å². The first-order valence-electron chi connectivity index (χ1n) is 4.38. The van der Waals surface area contributed by atoms with Gasteiger partial charge in [0.1, 0.15) is 0 Å². The van der Waals surface area contributed by atoms with Crippen molar-refractivity contribution in [2.45, 2.75) is 25.7 Å². The second-order valence-electron chi connectivity index (χ2n) is 2.57. The Labute approximate surface area is 82.9 Å². The van der Waals surface area contributed by atoms with Crippen LogP contribution in [0.3, 0.4) is 0 Å². The molecular formula is C8H18N2O4. The van der Waals surface area contributed by atoms with Crippen molar-refractivity contribution in [1.82, 2.24) is 0 Å². The van der Waals surface area contributed by atoms with Gasteiger partial charge in [0.2, 0.25) is 0 Å². The van der Waals surface area contributed by atoms with E-state index < -0.39 is 11.9 Å². The topological polar surface area (TPSA) is 127 Å². The number of rotatable bonds is 6. The van der Waals surface area contributed by atoms with Gasteiger partial charge in [-0.05, 0) is 25.9 Å². The molecule has 0 amide bonds. The highest BCUT2D eigenvalue weighted by molar-refractivity contribution is 5.66. The van der Waals surface area contributed by atoms with Gasteiger partial charge in [0.15, 0.2) is 0 Å². The van der Waals surface area contributed by atoms with Crippen molar-refractivity contribution in [2.75, 3.05) is 13.1 Å². The van der Waals surface area contributed by atoms with Crippen LogP contribution in [-0.4, -0.2) is 35.2 Å². The highest BCUT2D eigenvalue weighted by Gasteiger charge is 1.91. The van der Waals surface area contributed by atoms with Crippen LogP contribution in [0.2, 0.25) is 0 Å². The number of hydrogen-bond acceptors (Lipinski definition) is 4. The third-order valence-corrected chi connectivity index (χ3v) is 1.19. The molecule has 0 aromatic carbocycles. The van der Waals surface area contributed by atoms with E-state index in [1.807, 2.05) is 0 Å². The van der Waals surface area contributed by atoms with Crippen LogP contribution in [0.1, 0.15) is 25.7 Å². The summed E-state index contributed by atoms with van der Waals surface area (Å²) >= 11 is 0. The van der Waals surface area contributed by atoms with Gasteiger partial charge >= 0.3 is 11.9 Å². The summed E-state index contributed by atoms with van der Waals surface area (Å²) in [4.78, 5) is 19.4. The predicted molar refractivity (Wildman–Crippen MR) is 51.8 cm³/mol. The van der Waals surface area contributed by atoms with Crippen molar-refractivity contribution in [3.8, 4) is 0 Å². The second-order valence-corrected chi connectivity index (χ2v) is 2.57. The van der Waals surface area contributed by atoms with E-state index in [1.54, 1.807) is 0 Å². The van der Waals surface area contributed by atoms with Crippen molar-refractivity contribution >= 4 is 11.9 Å². The summed E-state index contributed by atoms with van der Waals surface area (Å²) in [6.07, 6.45) is 1.54. The molecule has 6 nitrogen and oxygen atoms in total. The van der Waals surface area contributed by atoms with Crippen LogP contribution >= 0.6 is 0 Å². The average Bonchev–Trinajstić information content (AvgIpc) is 2.12. The Bertz CT molecular complexity index is 143. The molecule has 0 spiro atoms. The number of aliphatic carboxylic acids is 2. The van der Waals surface area contributed by atoms with Crippen LogP contribution < -0.4 is 11.5 Å². The average molecular weight is 206 g/mol. The molecule has 0 aromatic rings. The molecule has 0 saturated carbocycles. The maximum atomic E-state index is 9.70. The Morgan fingerprint density at radius 3 is 1.21 bits per heavy atom. The molecule has 0 aliphatic carbocycles. The van der Waals surface area contributed by atoms with Gasteiger partial charge in [-0.2, -0.15) is 0 Å². The first-order chi connectivity index (χ1) is 6.54. The minimum Gasteiger partial charge on any atom is -0.481 e. The van der Waals surface area contributed by atoms with E-state index in [4.69, 9.17) is 21.7 Å². The van der Waals surface area contributed by atoms with Gasteiger partial charge in [-0.3, -0.25) is 9.59 Å². The van der Waals surface area contributed by atoms with Gasteiger partial charge < -0.3 is 21.7 Å². The zero-order valence-corrected chi connectivity index (χ0v) is 8.11. The Morgan fingerprint density at radius 2 is 1.14 bits per heavy atom. The Kier molecular flexibility index (Phi) is 13.0. The van der Waals surface area contributed by atoms with Crippen molar-refractivity contribution < 1.29 is 19.8 Å². The van der Waals surface area contributed by atoms with Crippen LogP contribution in [0, 0.1) is 0 Å². The lowest BCUT2D eigenvalue weighted by Gasteiger charge is -1.86. The summed E-state index contributed by atoms with van der Waals surface area (Å²) < 4.78 is 0. The van der Waals surface area contributed by atoms with Crippen molar-refractivity contribution in [3.63, 3.8) is 0 Å². The van der Waals surface area contributed by atoms with E-state index in [0.717, 1.165) is 0 Å². The summed E-state index contributed by atoms with van der Waals surface area (Å²) in [6.45, 7) is 0.929. The maximum Gasteiger partial charge on any atom is 0.303 e. The fraction of sp³-hybridized carbons (Fsp3) is 0.750. The zero-order chi connectivity index (χ0) is 11.4. The summed E-state index contributed by atoms with van der Waals surface area (Å²) in [5, 5.41) is 16.0. The monoisotopic (exact) mass is 206 g/mol. The third-order valence-electron chi connectivity index (χ3n) is 1.19. The second kappa shape index (κ2) is 11.9. The van der Waals surface area contributed by atoms with Gasteiger partial charge in [0, 0.05) is 12.8 Å². The van der Waals surface area contributed by atoms with Crippen molar-refractivity contribution in [1.29, 1.82) is 0 Å². The lowest BCUT2D eigenvalue weighted by molar-refractivity contribution is -0.138. The highest BCUT2D eigenvalue weighted by atomic mass is 16.4. The SMILES string of the molecule is NCCCC(=O)O.NCCCC(=O)O. The fourth-order valence-corrected chi connectivity index (χ4v) is 0.507. The summed E-state index contributed by atoms with van der Waals surface area (Å²) in [7, 11) is 0. The molecular weight excluding hydrogens is 188 g/mol. The molecule has 0 heterocycles. The number of hydrogen-bond donors (Lipinski definition) is 4. The van der Waals surface area contributed by atoms with Crippen molar-refractivity contribution in [2.24, 2.45) is 11.5 Å². The fourth-order valence-electron chi connectivity index (χ4n) is 0.507. The van der Waals surface area contributed by atoms with E-state index in [2.05, 4.69) is 0 Å². The van der Waals surface area contributed by atoms with Gasteiger partial charge in [-0.15, -0.1) is 0 Å². The van der Waals surface area contributed by atoms with Crippen LogP contribution in [0.15, 0.2) is 0 Å². The van der Waals surface area contributed by atoms with Crippen molar-refractivity contribution in [3.05, 3.63) is 0 Å². The predicted octanol–water partition coefficient (Wildman–Crippen LogP) is -0.380. The molecule has 6 heteroatoms. The molecule has 0 atom stereocenters. The minimum atomic E-state index is -0.773. The maximum absolute atomic E-state index is 9.70. The third kappa shape index (κ3) is 22.4. The molecule has 0 saturated heterocycles. The number of nitrogens with two attached hydrogens (primary N) is 2. The molecule has 0 aliphatic rings. The van der Waals surface area contributed by atoms with E-state index in [0.29, 0.717) is 25.9 Å². The van der Waals surface area contributed by atoms with Crippen LogP contribution in [0.25, 0.3) is 0 Å². The lowest BCUT2D eigenvalue weighted by atomic mass is 10.3. The molecule has 0 radical (unpaired) electrons. The van der Waals surface area contributed by atoms with Gasteiger partial charge in [0.05, 0.1) is 0 Å². The number of carbonyl (C=O) groups is 2.